The number of nitrogens with one attached hydrogen (secondary N) is 1. The summed E-state index contributed by atoms with van der Waals surface area (Å²) in [4.78, 5) is 0. The van der Waals surface area contributed by atoms with Gasteiger partial charge < -0.3 is 10.1 Å². The molecule has 2 aromatic heterocycles. The van der Waals surface area contributed by atoms with Gasteiger partial charge in [-0.2, -0.15) is 4.52 Å². The Bertz CT molecular complexity index is 1110. The molecule has 4 aromatic rings. The summed E-state index contributed by atoms with van der Waals surface area (Å²) in [5.74, 6) is 1.14. The third-order valence-electron chi connectivity index (χ3n) is 4.84. The fourth-order valence-corrected chi connectivity index (χ4v) is 3.43. The summed E-state index contributed by atoms with van der Waals surface area (Å²) in [6.45, 7) is 3.16. The van der Waals surface area contributed by atoms with Gasteiger partial charge in [-0.1, -0.05) is 56.5 Å². The maximum absolute atomic E-state index is 6.20. The first-order valence-electron chi connectivity index (χ1n) is 10.2. The molecular weight excluding hydrogens is 398 g/mol. The van der Waals surface area contributed by atoms with E-state index in [-0.39, 0.29) is 5.28 Å². The second-order valence-corrected chi connectivity index (χ2v) is 7.42. The van der Waals surface area contributed by atoms with E-state index in [1.807, 2.05) is 24.3 Å². The zero-order valence-electron chi connectivity index (χ0n) is 16.9. The van der Waals surface area contributed by atoms with E-state index in [9.17, 15) is 0 Å². The zero-order valence-corrected chi connectivity index (χ0v) is 17.6. The summed E-state index contributed by atoms with van der Waals surface area (Å²) in [6.07, 6.45) is 4.88. The van der Waals surface area contributed by atoms with Crippen molar-refractivity contribution < 1.29 is 4.74 Å². The van der Waals surface area contributed by atoms with E-state index in [0.29, 0.717) is 11.5 Å². The molecule has 0 saturated heterocycles. The van der Waals surface area contributed by atoms with Crippen LogP contribution in [-0.2, 0) is 0 Å². The lowest BCUT2D eigenvalue weighted by Crippen LogP contribution is -2.02. The predicted octanol–water partition coefficient (Wildman–Crippen LogP) is 6.23. The van der Waals surface area contributed by atoms with Gasteiger partial charge in [0.1, 0.15) is 5.75 Å². The Kier molecular flexibility index (Phi) is 6.44. The van der Waals surface area contributed by atoms with Crippen LogP contribution in [0.4, 0.5) is 5.69 Å². The van der Waals surface area contributed by atoms with Crippen LogP contribution >= 0.6 is 11.6 Å². The Morgan fingerprint density at radius 1 is 0.967 bits per heavy atom. The molecule has 0 aliphatic heterocycles. The van der Waals surface area contributed by atoms with Crippen molar-refractivity contribution in [2.75, 3.05) is 11.9 Å². The molecular formula is C23H24ClN5O. The number of fused-ring (bicyclic) bond motifs is 1. The van der Waals surface area contributed by atoms with Gasteiger partial charge in [0, 0.05) is 29.9 Å². The molecule has 0 fully saturated rings. The highest BCUT2D eigenvalue weighted by Gasteiger charge is 2.12. The van der Waals surface area contributed by atoms with Crippen LogP contribution in [0.5, 0.6) is 11.6 Å². The number of hydrogen-bond donors (Lipinski definition) is 1. The summed E-state index contributed by atoms with van der Waals surface area (Å²) < 4.78 is 7.65. The first-order valence-corrected chi connectivity index (χ1v) is 10.6. The van der Waals surface area contributed by atoms with E-state index < -0.39 is 0 Å². The normalized spacial score (nSPS) is 11.0. The lowest BCUT2D eigenvalue weighted by molar-refractivity contribution is 0.454. The van der Waals surface area contributed by atoms with Crippen LogP contribution in [0.15, 0.2) is 60.7 Å². The molecule has 0 amide bonds. The highest BCUT2D eigenvalue weighted by molar-refractivity contribution is 6.28. The predicted molar refractivity (Wildman–Crippen MR) is 120 cm³/mol. The third kappa shape index (κ3) is 4.71. The Hall–Kier alpha value is -3.12. The van der Waals surface area contributed by atoms with Crippen LogP contribution in [-0.4, -0.2) is 26.4 Å². The van der Waals surface area contributed by atoms with Crippen molar-refractivity contribution in [1.82, 2.24) is 19.8 Å². The molecule has 0 spiro atoms. The van der Waals surface area contributed by atoms with Crippen molar-refractivity contribution in [3.8, 4) is 22.8 Å². The first-order chi connectivity index (χ1) is 14.7. The number of rotatable bonds is 9. The van der Waals surface area contributed by atoms with Crippen LogP contribution in [0.3, 0.4) is 0 Å². The number of halogens is 1. The van der Waals surface area contributed by atoms with E-state index in [0.717, 1.165) is 35.5 Å². The third-order valence-corrected chi connectivity index (χ3v) is 5.08. The smallest absolute Gasteiger partial charge is 0.246 e. The Morgan fingerprint density at radius 2 is 1.83 bits per heavy atom. The van der Waals surface area contributed by atoms with Gasteiger partial charge in [0.05, 0.1) is 0 Å². The number of anilines is 1. The molecule has 6 nitrogen and oxygen atoms in total. The van der Waals surface area contributed by atoms with Gasteiger partial charge in [0.15, 0.2) is 5.65 Å². The SMILES string of the molecule is CCCCCCNc1ccc(-c2ccccc2)c(Oc2ccc3nnc(Cl)n3n2)c1. The van der Waals surface area contributed by atoms with Crippen LogP contribution in [0, 0.1) is 0 Å². The fourth-order valence-electron chi connectivity index (χ4n) is 3.27. The molecule has 2 heterocycles. The van der Waals surface area contributed by atoms with Gasteiger partial charge in [-0.05, 0) is 41.8 Å². The lowest BCUT2D eigenvalue weighted by Gasteiger charge is -2.14. The summed E-state index contributed by atoms with van der Waals surface area (Å²) >= 11 is 6.05. The Labute approximate surface area is 180 Å². The van der Waals surface area contributed by atoms with Gasteiger partial charge in [0.2, 0.25) is 11.2 Å². The number of nitrogens with zero attached hydrogens (tertiary/aromatic N) is 4. The van der Waals surface area contributed by atoms with Gasteiger partial charge >= 0.3 is 0 Å². The minimum absolute atomic E-state index is 0.196. The average Bonchev–Trinajstić information content (AvgIpc) is 3.15. The first kappa shape index (κ1) is 20.2. The van der Waals surface area contributed by atoms with Crippen LogP contribution < -0.4 is 10.1 Å². The topological polar surface area (TPSA) is 64.3 Å². The maximum atomic E-state index is 6.20. The summed E-state index contributed by atoms with van der Waals surface area (Å²) in [6, 6.07) is 19.9. The monoisotopic (exact) mass is 421 g/mol. The maximum Gasteiger partial charge on any atom is 0.246 e. The molecule has 30 heavy (non-hydrogen) atoms. The molecule has 4 rings (SSSR count). The van der Waals surface area contributed by atoms with Crippen molar-refractivity contribution in [2.24, 2.45) is 0 Å². The zero-order chi connectivity index (χ0) is 20.8. The summed E-state index contributed by atoms with van der Waals surface area (Å²) in [5.41, 5.74) is 3.65. The van der Waals surface area contributed by atoms with E-state index in [1.165, 1.54) is 23.8 Å². The minimum atomic E-state index is 0.196. The molecule has 154 valence electrons. The van der Waals surface area contributed by atoms with Gasteiger partial charge in [-0.3, -0.25) is 0 Å². The molecule has 0 aliphatic rings. The second kappa shape index (κ2) is 9.59. The Balaban J connectivity index is 1.61. The van der Waals surface area contributed by atoms with Crippen molar-refractivity contribution in [2.45, 2.75) is 32.6 Å². The molecule has 0 bridgehead atoms. The quantitative estimate of drug-likeness (QED) is 0.324. The van der Waals surface area contributed by atoms with E-state index in [2.05, 4.69) is 51.8 Å². The minimum Gasteiger partial charge on any atom is -0.437 e. The Morgan fingerprint density at radius 3 is 2.67 bits per heavy atom. The average molecular weight is 422 g/mol. The van der Waals surface area contributed by atoms with E-state index >= 15 is 0 Å². The highest BCUT2D eigenvalue weighted by atomic mass is 35.5. The lowest BCUT2D eigenvalue weighted by atomic mass is 10.0. The van der Waals surface area contributed by atoms with Crippen molar-refractivity contribution in [3.63, 3.8) is 0 Å². The molecule has 0 atom stereocenters. The number of unbranched alkanes of at least 4 members (excludes halogenated alkanes) is 3. The van der Waals surface area contributed by atoms with Gasteiger partial charge in [-0.15, -0.1) is 15.3 Å². The number of benzene rings is 2. The van der Waals surface area contributed by atoms with Crippen LogP contribution in [0.1, 0.15) is 32.6 Å². The summed E-state index contributed by atoms with van der Waals surface area (Å²) in [7, 11) is 0. The van der Waals surface area contributed by atoms with Gasteiger partial charge in [0.25, 0.3) is 0 Å². The largest absolute Gasteiger partial charge is 0.437 e. The molecule has 1 N–H and O–H groups in total. The van der Waals surface area contributed by atoms with Crippen molar-refractivity contribution in [3.05, 3.63) is 65.9 Å². The molecule has 0 radical (unpaired) electrons. The second-order valence-electron chi connectivity index (χ2n) is 7.08. The molecule has 0 unspecified atom stereocenters. The number of hydrogen-bond acceptors (Lipinski definition) is 5. The molecule has 2 aromatic carbocycles. The van der Waals surface area contributed by atoms with Gasteiger partial charge in [-0.25, -0.2) is 0 Å². The number of ether oxygens (including phenoxy) is 1. The highest BCUT2D eigenvalue weighted by Crippen LogP contribution is 2.35. The molecule has 7 heteroatoms. The van der Waals surface area contributed by atoms with E-state index in [4.69, 9.17) is 16.3 Å². The van der Waals surface area contributed by atoms with Crippen LogP contribution in [0.2, 0.25) is 5.28 Å². The molecule has 0 aliphatic carbocycles. The van der Waals surface area contributed by atoms with Crippen molar-refractivity contribution >= 4 is 22.9 Å². The standard InChI is InChI=1S/C23H24ClN5O/c1-2-3-4-8-15-25-18-11-12-19(17-9-6-5-7-10-17)20(16-18)30-22-14-13-21-26-27-23(24)29(21)28-22/h5-7,9-14,16,25H,2-4,8,15H2,1H3. The van der Waals surface area contributed by atoms with Crippen molar-refractivity contribution in [1.29, 1.82) is 0 Å². The van der Waals surface area contributed by atoms with Crippen LogP contribution in [0.25, 0.3) is 16.8 Å². The summed E-state index contributed by atoms with van der Waals surface area (Å²) in [5, 5.41) is 15.9. The molecule has 0 saturated carbocycles. The fraction of sp³-hybridized carbons (Fsp3) is 0.261. The van der Waals surface area contributed by atoms with E-state index in [1.54, 1.807) is 12.1 Å². The number of aromatic nitrogens is 4.